The van der Waals surface area contributed by atoms with Crippen molar-refractivity contribution in [3.05, 3.63) is 67.1 Å². The Bertz CT molecular complexity index is 1110. The number of anilines is 1. The van der Waals surface area contributed by atoms with E-state index in [0.29, 0.717) is 11.9 Å². The van der Waals surface area contributed by atoms with Crippen LogP contribution >= 0.6 is 0 Å². The van der Waals surface area contributed by atoms with E-state index in [4.69, 9.17) is 10.5 Å². The van der Waals surface area contributed by atoms with Gasteiger partial charge in [0.05, 0.1) is 5.39 Å². The molecule has 0 aliphatic heterocycles. The number of aromatic nitrogens is 3. The van der Waals surface area contributed by atoms with E-state index in [-0.39, 0.29) is 0 Å². The highest BCUT2D eigenvalue weighted by Crippen LogP contribution is 2.42. The number of hydrogen-bond acceptors (Lipinski definition) is 4. The number of para-hydroxylation sites is 2. The fraction of sp³-hybridized carbons (Fsp3) is 0.217. The highest BCUT2D eigenvalue weighted by molar-refractivity contribution is 6.01. The lowest BCUT2D eigenvalue weighted by atomic mass is 10.0. The molecule has 1 aliphatic rings. The minimum atomic E-state index is 0.466. The average molecular weight is 370 g/mol. The molecule has 2 aromatic heterocycles. The number of fused-ring (bicyclic) bond motifs is 1. The monoisotopic (exact) mass is 370 g/mol. The lowest BCUT2D eigenvalue weighted by Crippen LogP contribution is -2.04. The van der Waals surface area contributed by atoms with Crippen molar-refractivity contribution in [3.63, 3.8) is 0 Å². The number of nitrogens with two attached hydrogens (primary N) is 1. The van der Waals surface area contributed by atoms with Crippen LogP contribution in [0.1, 0.15) is 31.7 Å². The van der Waals surface area contributed by atoms with Crippen LogP contribution in [0.25, 0.3) is 22.2 Å². The molecule has 1 fully saturated rings. The van der Waals surface area contributed by atoms with Gasteiger partial charge in [-0.2, -0.15) is 0 Å². The average Bonchev–Trinajstić information content (AvgIpc) is 3.38. The van der Waals surface area contributed by atoms with Gasteiger partial charge in [-0.15, -0.1) is 0 Å². The summed E-state index contributed by atoms with van der Waals surface area (Å²) in [5.74, 6) is 2.10. The molecule has 140 valence electrons. The predicted molar refractivity (Wildman–Crippen MR) is 111 cm³/mol. The molecule has 2 heterocycles. The van der Waals surface area contributed by atoms with Gasteiger partial charge in [0.25, 0.3) is 0 Å². The third-order valence-corrected chi connectivity index (χ3v) is 5.51. The van der Waals surface area contributed by atoms with Crippen molar-refractivity contribution in [1.29, 1.82) is 0 Å². The molecule has 0 unspecified atom stereocenters. The number of benzene rings is 2. The molecule has 4 aromatic rings. The summed E-state index contributed by atoms with van der Waals surface area (Å²) in [7, 11) is 0. The van der Waals surface area contributed by atoms with Crippen molar-refractivity contribution >= 4 is 16.9 Å². The maximum atomic E-state index is 6.30. The first kappa shape index (κ1) is 16.8. The van der Waals surface area contributed by atoms with E-state index in [9.17, 15) is 0 Å². The van der Waals surface area contributed by atoms with Crippen LogP contribution < -0.4 is 10.5 Å². The molecule has 5 heteroatoms. The molecule has 5 rings (SSSR count). The second-order valence-corrected chi connectivity index (χ2v) is 7.26. The van der Waals surface area contributed by atoms with Gasteiger partial charge in [-0.25, -0.2) is 9.97 Å². The Balaban J connectivity index is 1.68. The van der Waals surface area contributed by atoms with Gasteiger partial charge in [0, 0.05) is 23.4 Å². The normalized spacial score (nSPS) is 14.6. The van der Waals surface area contributed by atoms with Crippen molar-refractivity contribution in [3.8, 4) is 22.6 Å². The quantitative estimate of drug-likeness (QED) is 0.509. The lowest BCUT2D eigenvalue weighted by Gasteiger charge is -2.12. The summed E-state index contributed by atoms with van der Waals surface area (Å²) in [5.41, 5.74) is 9.23. The van der Waals surface area contributed by atoms with Gasteiger partial charge in [0.15, 0.2) is 0 Å². The molecular formula is C23H22N4O. The minimum Gasteiger partial charge on any atom is -0.457 e. The van der Waals surface area contributed by atoms with Crippen molar-refractivity contribution in [2.45, 2.75) is 31.7 Å². The van der Waals surface area contributed by atoms with E-state index < -0.39 is 0 Å². The summed E-state index contributed by atoms with van der Waals surface area (Å²) in [6.07, 6.45) is 8.60. The topological polar surface area (TPSA) is 66.0 Å². The smallest absolute Gasteiger partial charge is 0.146 e. The summed E-state index contributed by atoms with van der Waals surface area (Å²) in [6, 6.07) is 18.3. The summed E-state index contributed by atoms with van der Waals surface area (Å²) >= 11 is 0. The van der Waals surface area contributed by atoms with E-state index in [0.717, 1.165) is 33.7 Å². The molecule has 0 atom stereocenters. The van der Waals surface area contributed by atoms with Gasteiger partial charge in [-0.3, -0.25) is 0 Å². The van der Waals surface area contributed by atoms with Crippen LogP contribution in [0.4, 0.5) is 5.82 Å². The van der Waals surface area contributed by atoms with Crippen molar-refractivity contribution < 1.29 is 4.74 Å². The lowest BCUT2D eigenvalue weighted by molar-refractivity contribution is 0.484. The Morgan fingerprint density at radius 1 is 0.893 bits per heavy atom. The largest absolute Gasteiger partial charge is 0.457 e. The zero-order valence-electron chi connectivity index (χ0n) is 15.6. The molecule has 1 saturated carbocycles. The van der Waals surface area contributed by atoms with Crippen molar-refractivity contribution in [2.24, 2.45) is 0 Å². The van der Waals surface area contributed by atoms with Gasteiger partial charge in [0.1, 0.15) is 29.3 Å². The standard InChI is InChI=1S/C23H22N4O/c24-22-21-19(14-27(16-8-4-5-9-16)23(21)26-15-25-22)18-12-6-7-13-20(18)28-17-10-2-1-3-11-17/h1-3,6-7,10-16H,4-5,8-9H2,(H2,24,25,26). The van der Waals surface area contributed by atoms with Crippen LogP contribution in [0, 0.1) is 0 Å². The summed E-state index contributed by atoms with van der Waals surface area (Å²) < 4.78 is 8.48. The van der Waals surface area contributed by atoms with E-state index >= 15 is 0 Å². The summed E-state index contributed by atoms with van der Waals surface area (Å²) in [4.78, 5) is 8.84. The summed E-state index contributed by atoms with van der Waals surface area (Å²) in [5, 5.41) is 0.901. The fourth-order valence-electron chi connectivity index (χ4n) is 4.17. The molecule has 28 heavy (non-hydrogen) atoms. The van der Waals surface area contributed by atoms with Crippen LogP contribution in [-0.4, -0.2) is 14.5 Å². The zero-order chi connectivity index (χ0) is 18.9. The molecule has 0 radical (unpaired) electrons. The molecule has 0 bridgehead atoms. The van der Waals surface area contributed by atoms with Crippen molar-refractivity contribution in [2.75, 3.05) is 5.73 Å². The molecular weight excluding hydrogens is 348 g/mol. The molecule has 2 aromatic carbocycles. The van der Waals surface area contributed by atoms with Gasteiger partial charge in [0.2, 0.25) is 0 Å². The van der Waals surface area contributed by atoms with Crippen LogP contribution in [0.2, 0.25) is 0 Å². The maximum Gasteiger partial charge on any atom is 0.146 e. The number of hydrogen-bond donors (Lipinski definition) is 1. The van der Waals surface area contributed by atoms with Crippen LogP contribution in [-0.2, 0) is 0 Å². The molecule has 0 amide bonds. The summed E-state index contributed by atoms with van der Waals surface area (Å²) in [6.45, 7) is 0. The first-order valence-corrected chi connectivity index (χ1v) is 9.74. The molecule has 5 nitrogen and oxygen atoms in total. The van der Waals surface area contributed by atoms with E-state index in [1.807, 2.05) is 48.5 Å². The third-order valence-electron chi connectivity index (χ3n) is 5.51. The SMILES string of the molecule is Nc1ncnc2c1c(-c1ccccc1Oc1ccccc1)cn2C1CCCC1. The Labute approximate surface area is 163 Å². The first-order valence-electron chi connectivity index (χ1n) is 9.74. The van der Waals surface area contributed by atoms with Crippen LogP contribution in [0.15, 0.2) is 67.1 Å². The number of nitrogens with zero attached hydrogens (tertiary/aromatic N) is 3. The van der Waals surface area contributed by atoms with Gasteiger partial charge in [-0.1, -0.05) is 49.2 Å². The first-order chi connectivity index (χ1) is 13.8. The van der Waals surface area contributed by atoms with Crippen molar-refractivity contribution in [1.82, 2.24) is 14.5 Å². The number of nitrogen functional groups attached to an aromatic ring is 1. The van der Waals surface area contributed by atoms with Gasteiger partial charge >= 0.3 is 0 Å². The fourth-order valence-corrected chi connectivity index (χ4v) is 4.17. The Morgan fingerprint density at radius 2 is 1.64 bits per heavy atom. The highest BCUT2D eigenvalue weighted by atomic mass is 16.5. The second kappa shape index (κ2) is 7.00. The Kier molecular flexibility index (Phi) is 4.20. The van der Waals surface area contributed by atoms with E-state index in [1.165, 1.54) is 25.7 Å². The molecule has 2 N–H and O–H groups in total. The third kappa shape index (κ3) is 2.89. The zero-order valence-corrected chi connectivity index (χ0v) is 15.6. The second-order valence-electron chi connectivity index (χ2n) is 7.26. The Hall–Kier alpha value is -3.34. The predicted octanol–water partition coefficient (Wildman–Crippen LogP) is 5.59. The highest BCUT2D eigenvalue weighted by Gasteiger charge is 2.24. The Morgan fingerprint density at radius 3 is 2.46 bits per heavy atom. The van der Waals surface area contributed by atoms with Gasteiger partial charge in [-0.05, 0) is 31.0 Å². The van der Waals surface area contributed by atoms with E-state index in [1.54, 1.807) is 6.33 Å². The van der Waals surface area contributed by atoms with Crippen LogP contribution in [0.5, 0.6) is 11.5 Å². The molecule has 1 aliphatic carbocycles. The molecule has 0 spiro atoms. The van der Waals surface area contributed by atoms with Gasteiger partial charge < -0.3 is 15.0 Å². The number of rotatable bonds is 4. The maximum absolute atomic E-state index is 6.30. The number of ether oxygens (including phenoxy) is 1. The van der Waals surface area contributed by atoms with Crippen LogP contribution in [0.3, 0.4) is 0 Å². The molecule has 0 saturated heterocycles. The minimum absolute atomic E-state index is 0.466. The van der Waals surface area contributed by atoms with E-state index in [2.05, 4.69) is 26.8 Å².